The van der Waals surface area contributed by atoms with Crippen LogP contribution in [0.5, 0.6) is 0 Å². The summed E-state index contributed by atoms with van der Waals surface area (Å²) in [5.41, 5.74) is 1.79. The molecule has 0 unspecified atom stereocenters. The SMILES string of the molecule is Clc1ccc(Cl)c(-c2cnc(CNC3CCCC3)[nH]2)c1. The number of rotatable bonds is 4. The van der Waals surface area contributed by atoms with Crippen LogP contribution in [0.3, 0.4) is 0 Å². The molecule has 2 N–H and O–H groups in total. The second kappa shape index (κ2) is 6.17. The summed E-state index contributed by atoms with van der Waals surface area (Å²) in [7, 11) is 0. The van der Waals surface area contributed by atoms with E-state index >= 15 is 0 Å². The summed E-state index contributed by atoms with van der Waals surface area (Å²) < 4.78 is 0. The lowest BCUT2D eigenvalue weighted by atomic mass is 10.2. The van der Waals surface area contributed by atoms with Crippen molar-refractivity contribution in [2.24, 2.45) is 0 Å². The molecule has 1 fully saturated rings. The van der Waals surface area contributed by atoms with Gasteiger partial charge in [-0.05, 0) is 31.0 Å². The minimum Gasteiger partial charge on any atom is -0.341 e. The van der Waals surface area contributed by atoms with Gasteiger partial charge in [-0.15, -0.1) is 0 Å². The zero-order chi connectivity index (χ0) is 13.9. The number of nitrogens with one attached hydrogen (secondary N) is 2. The van der Waals surface area contributed by atoms with Gasteiger partial charge in [0.25, 0.3) is 0 Å². The molecule has 0 saturated heterocycles. The fraction of sp³-hybridized carbons (Fsp3) is 0.400. The van der Waals surface area contributed by atoms with E-state index in [1.54, 1.807) is 12.1 Å². The first-order valence-electron chi connectivity index (χ1n) is 6.95. The van der Waals surface area contributed by atoms with Crippen molar-refractivity contribution in [3.63, 3.8) is 0 Å². The van der Waals surface area contributed by atoms with Crippen LogP contribution in [0.15, 0.2) is 24.4 Å². The van der Waals surface area contributed by atoms with Gasteiger partial charge in [-0.25, -0.2) is 4.98 Å². The van der Waals surface area contributed by atoms with E-state index in [1.807, 2.05) is 12.3 Å². The number of halogens is 2. The zero-order valence-electron chi connectivity index (χ0n) is 11.1. The average molecular weight is 310 g/mol. The highest BCUT2D eigenvalue weighted by Gasteiger charge is 2.15. The highest BCUT2D eigenvalue weighted by molar-refractivity contribution is 6.35. The second-order valence-corrected chi connectivity index (χ2v) is 6.07. The second-order valence-electron chi connectivity index (χ2n) is 5.23. The monoisotopic (exact) mass is 309 g/mol. The molecule has 2 aromatic rings. The van der Waals surface area contributed by atoms with Gasteiger partial charge in [-0.1, -0.05) is 36.0 Å². The van der Waals surface area contributed by atoms with Crippen LogP contribution in [0.1, 0.15) is 31.5 Å². The average Bonchev–Trinajstić information content (AvgIpc) is 3.10. The summed E-state index contributed by atoms with van der Waals surface area (Å²) in [6.07, 6.45) is 7.02. The van der Waals surface area contributed by atoms with E-state index in [1.165, 1.54) is 25.7 Å². The van der Waals surface area contributed by atoms with E-state index in [9.17, 15) is 0 Å². The van der Waals surface area contributed by atoms with Crippen LogP contribution in [0, 0.1) is 0 Å². The van der Waals surface area contributed by atoms with E-state index in [0.717, 1.165) is 23.6 Å². The highest BCUT2D eigenvalue weighted by atomic mass is 35.5. The maximum Gasteiger partial charge on any atom is 0.120 e. The Bertz CT molecular complexity index is 589. The standard InChI is InChI=1S/C15H17Cl2N3/c16-10-5-6-13(17)12(7-10)14-8-19-15(20-14)9-18-11-3-1-2-4-11/h5-8,11,18H,1-4,9H2,(H,19,20). The third-order valence-electron chi connectivity index (χ3n) is 3.76. The molecule has 0 spiro atoms. The molecule has 1 aliphatic carbocycles. The predicted octanol–water partition coefficient (Wildman–Crippen LogP) is 4.42. The molecule has 1 aliphatic rings. The Morgan fingerprint density at radius 1 is 1.25 bits per heavy atom. The number of H-pyrrole nitrogens is 1. The van der Waals surface area contributed by atoms with E-state index in [-0.39, 0.29) is 0 Å². The number of hydrogen-bond donors (Lipinski definition) is 2. The first-order valence-corrected chi connectivity index (χ1v) is 7.70. The molecule has 3 nitrogen and oxygen atoms in total. The topological polar surface area (TPSA) is 40.7 Å². The highest BCUT2D eigenvalue weighted by Crippen LogP contribution is 2.29. The van der Waals surface area contributed by atoms with Gasteiger partial charge in [-0.2, -0.15) is 0 Å². The molecule has 0 bridgehead atoms. The summed E-state index contributed by atoms with van der Waals surface area (Å²) >= 11 is 12.2. The Labute approximate surface area is 128 Å². The van der Waals surface area contributed by atoms with Crippen molar-refractivity contribution in [3.05, 3.63) is 40.3 Å². The molecule has 0 radical (unpaired) electrons. The summed E-state index contributed by atoms with van der Waals surface area (Å²) in [5.74, 6) is 0.933. The van der Waals surface area contributed by atoms with Gasteiger partial charge in [0.05, 0.1) is 23.5 Å². The van der Waals surface area contributed by atoms with Crippen molar-refractivity contribution >= 4 is 23.2 Å². The Morgan fingerprint density at radius 3 is 2.85 bits per heavy atom. The van der Waals surface area contributed by atoms with E-state index < -0.39 is 0 Å². The number of hydrogen-bond acceptors (Lipinski definition) is 2. The summed E-state index contributed by atoms with van der Waals surface area (Å²) in [6.45, 7) is 0.767. The minimum atomic E-state index is 0.637. The van der Waals surface area contributed by atoms with Gasteiger partial charge in [0, 0.05) is 16.6 Å². The van der Waals surface area contributed by atoms with Crippen LogP contribution in [0.4, 0.5) is 0 Å². The van der Waals surface area contributed by atoms with Crippen molar-refractivity contribution in [1.82, 2.24) is 15.3 Å². The molecule has 5 heteroatoms. The third-order valence-corrected chi connectivity index (χ3v) is 4.33. The van der Waals surface area contributed by atoms with Crippen molar-refractivity contribution in [2.75, 3.05) is 0 Å². The molecule has 1 aromatic carbocycles. The molecule has 1 aromatic heterocycles. The van der Waals surface area contributed by atoms with Gasteiger partial charge in [-0.3, -0.25) is 0 Å². The molecule has 20 heavy (non-hydrogen) atoms. The lowest BCUT2D eigenvalue weighted by molar-refractivity contribution is 0.515. The molecule has 0 aliphatic heterocycles. The number of nitrogens with zero attached hydrogens (tertiary/aromatic N) is 1. The minimum absolute atomic E-state index is 0.637. The Kier molecular flexibility index (Phi) is 4.29. The van der Waals surface area contributed by atoms with Crippen molar-refractivity contribution in [2.45, 2.75) is 38.3 Å². The van der Waals surface area contributed by atoms with Crippen LogP contribution < -0.4 is 5.32 Å². The number of benzene rings is 1. The predicted molar refractivity (Wildman–Crippen MR) is 83.1 cm³/mol. The maximum absolute atomic E-state index is 6.20. The van der Waals surface area contributed by atoms with E-state index in [0.29, 0.717) is 16.1 Å². The lowest BCUT2D eigenvalue weighted by Gasteiger charge is -2.09. The van der Waals surface area contributed by atoms with Gasteiger partial charge in [0.15, 0.2) is 0 Å². The van der Waals surface area contributed by atoms with E-state index in [2.05, 4.69) is 15.3 Å². The largest absolute Gasteiger partial charge is 0.341 e. The van der Waals surface area contributed by atoms with Crippen LogP contribution >= 0.6 is 23.2 Å². The fourth-order valence-electron chi connectivity index (χ4n) is 2.66. The molecule has 0 atom stereocenters. The molecule has 1 saturated carbocycles. The lowest BCUT2D eigenvalue weighted by Crippen LogP contribution is -2.25. The molecule has 106 valence electrons. The van der Waals surface area contributed by atoms with Gasteiger partial charge in [0.1, 0.15) is 5.82 Å². The van der Waals surface area contributed by atoms with Crippen molar-refractivity contribution in [1.29, 1.82) is 0 Å². The number of aromatic amines is 1. The third kappa shape index (κ3) is 3.17. The van der Waals surface area contributed by atoms with Crippen LogP contribution in [0.2, 0.25) is 10.0 Å². The van der Waals surface area contributed by atoms with Crippen LogP contribution in [0.25, 0.3) is 11.3 Å². The van der Waals surface area contributed by atoms with E-state index in [4.69, 9.17) is 23.2 Å². The zero-order valence-corrected chi connectivity index (χ0v) is 12.6. The summed E-state index contributed by atoms with van der Waals surface area (Å²) in [6, 6.07) is 6.08. The quantitative estimate of drug-likeness (QED) is 0.878. The summed E-state index contributed by atoms with van der Waals surface area (Å²) in [4.78, 5) is 7.71. The van der Waals surface area contributed by atoms with Gasteiger partial charge in [0.2, 0.25) is 0 Å². The van der Waals surface area contributed by atoms with Gasteiger partial charge < -0.3 is 10.3 Å². The fourth-order valence-corrected chi connectivity index (χ4v) is 3.06. The Hall–Kier alpha value is -1.03. The normalized spacial score (nSPS) is 15.9. The van der Waals surface area contributed by atoms with Crippen LogP contribution in [-0.4, -0.2) is 16.0 Å². The van der Waals surface area contributed by atoms with Crippen molar-refractivity contribution < 1.29 is 0 Å². The Balaban J connectivity index is 1.71. The first kappa shape index (κ1) is 13.9. The van der Waals surface area contributed by atoms with Crippen molar-refractivity contribution in [3.8, 4) is 11.3 Å². The number of aromatic nitrogens is 2. The molecule has 0 amide bonds. The maximum atomic E-state index is 6.20. The smallest absolute Gasteiger partial charge is 0.120 e. The number of imidazole rings is 1. The summed E-state index contributed by atoms with van der Waals surface area (Å²) in [5, 5.41) is 4.88. The molecular weight excluding hydrogens is 293 g/mol. The van der Waals surface area contributed by atoms with Gasteiger partial charge >= 0.3 is 0 Å². The van der Waals surface area contributed by atoms with Crippen LogP contribution in [-0.2, 0) is 6.54 Å². The Morgan fingerprint density at radius 2 is 2.05 bits per heavy atom. The first-order chi connectivity index (χ1) is 9.72. The molecule has 3 rings (SSSR count). The molecular formula is C15H17Cl2N3. The molecule has 1 heterocycles.